The monoisotopic (exact) mass is 360 g/mol. The largest absolute Gasteiger partial charge is 0.502 e. The molecule has 0 radical (unpaired) electrons. The number of aromatic nitrogens is 2. The molecule has 0 aliphatic heterocycles. The number of aromatic hydroxyl groups is 1. The van der Waals surface area contributed by atoms with Crippen LogP contribution in [0.15, 0.2) is 47.7 Å². The summed E-state index contributed by atoms with van der Waals surface area (Å²) in [6.45, 7) is 0. The van der Waals surface area contributed by atoms with E-state index >= 15 is 0 Å². The predicted octanol–water partition coefficient (Wildman–Crippen LogP) is 3.22. The van der Waals surface area contributed by atoms with Crippen LogP contribution in [0.25, 0.3) is 10.8 Å². The molecule has 0 amide bonds. The first kappa shape index (κ1) is 18.3. The zero-order chi connectivity index (χ0) is 16.9. The molecular weight excluding hydrogens is 344 g/mol. The number of nitrogens with zero attached hydrogens (tertiary/aromatic N) is 3. The van der Waals surface area contributed by atoms with Gasteiger partial charge in [0.2, 0.25) is 5.75 Å². The number of nitrogens with one attached hydrogen (secondary N) is 1. The van der Waals surface area contributed by atoms with Gasteiger partial charge in [-0.1, -0.05) is 24.3 Å². The van der Waals surface area contributed by atoms with Gasteiger partial charge in [0.05, 0.1) is 26.6 Å². The lowest BCUT2D eigenvalue weighted by Gasteiger charge is -2.09. The summed E-state index contributed by atoms with van der Waals surface area (Å²) in [6.07, 6.45) is 3.27. The van der Waals surface area contributed by atoms with Gasteiger partial charge in [0.25, 0.3) is 0 Å². The molecule has 3 rings (SSSR count). The molecule has 0 saturated heterocycles. The van der Waals surface area contributed by atoms with E-state index in [1.54, 1.807) is 24.5 Å². The summed E-state index contributed by atoms with van der Waals surface area (Å²) >= 11 is 0. The summed E-state index contributed by atoms with van der Waals surface area (Å²) in [5, 5.41) is 24.0. The third-order valence-corrected chi connectivity index (χ3v) is 3.46. The van der Waals surface area contributed by atoms with Gasteiger partial charge in [0, 0.05) is 16.3 Å². The molecule has 0 aliphatic carbocycles. The van der Waals surface area contributed by atoms with E-state index in [0.29, 0.717) is 22.9 Å². The van der Waals surface area contributed by atoms with Crippen molar-refractivity contribution in [1.29, 1.82) is 0 Å². The van der Waals surface area contributed by atoms with E-state index in [4.69, 9.17) is 9.47 Å². The van der Waals surface area contributed by atoms with Gasteiger partial charge in [-0.15, -0.1) is 17.5 Å². The molecule has 0 fully saturated rings. The lowest BCUT2D eigenvalue weighted by Crippen LogP contribution is -1.97. The van der Waals surface area contributed by atoms with Crippen molar-refractivity contribution < 1.29 is 14.6 Å². The van der Waals surface area contributed by atoms with Crippen LogP contribution in [-0.2, 0) is 0 Å². The second kappa shape index (κ2) is 8.16. The van der Waals surface area contributed by atoms with Crippen molar-refractivity contribution in [3.63, 3.8) is 0 Å². The summed E-state index contributed by atoms with van der Waals surface area (Å²) < 4.78 is 10.2. The van der Waals surface area contributed by atoms with Crippen LogP contribution in [0.3, 0.4) is 0 Å². The molecule has 8 heteroatoms. The summed E-state index contributed by atoms with van der Waals surface area (Å²) in [5.41, 5.74) is 3.57. The van der Waals surface area contributed by atoms with Crippen molar-refractivity contribution >= 4 is 35.2 Å². The maximum Gasteiger partial charge on any atom is 0.200 e. The van der Waals surface area contributed by atoms with Gasteiger partial charge in [-0.2, -0.15) is 10.2 Å². The molecule has 0 saturated carbocycles. The number of anilines is 1. The van der Waals surface area contributed by atoms with Gasteiger partial charge in [-0.05, 0) is 12.1 Å². The minimum atomic E-state index is -0.0509. The van der Waals surface area contributed by atoms with Crippen molar-refractivity contribution in [2.75, 3.05) is 19.6 Å². The Labute approximate surface area is 150 Å². The van der Waals surface area contributed by atoms with Crippen molar-refractivity contribution in [3.05, 3.63) is 48.2 Å². The second-order valence-corrected chi connectivity index (χ2v) is 4.92. The number of methoxy groups -OCH3 is 2. The maximum absolute atomic E-state index is 9.91. The van der Waals surface area contributed by atoms with Crippen LogP contribution >= 0.6 is 12.4 Å². The van der Waals surface area contributed by atoms with Gasteiger partial charge in [-0.3, -0.25) is 5.43 Å². The van der Waals surface area contributed by atoms with E-state index in [9.17, 15) is 5.11 Å². The number of ether oxygens (including phenoxy) is 2. The fourth-order valence-corrected chi connectivity index (χ4v) is 2.27. The first-order valence-corrected chi connectivity index (χ1v) is 7.17. The van der Waals surface area contributed by atoms with E-state index in [1.807, 2.05) is 24.3 Å². The number of hydrogen-bond acceptors (Lipinski definition) is 7. The Morgan fingerprint density at radius 1 is 1.12 bits per heavy atom. The number of hydrazone groups is 1. The average Bonchev–Trinajstić information content (AvgIpc) is 2.63. The molecular formula is C17H17ClN4O3. The number of benzene rings is 2. The van der Waals surface area contributed by atoms with Crippen LogP contribution < -0.4 is 14.9 Å². The maximum atomic E-state index is 9.91. The van der Waals surface area contributed by atoms with Crippen molar-refractivity contribution in [3.8, 4) is 17.2 Å². The smallest absolute Gasteiger partial charge is 0.200 e. The number of phenols is 1. The third kappa shape index (κ3) is 3.89. The van der Waals surface area contributed by atoms with E-state index in [-0.39, 0.29) is 18.2 Å². The SMILES string of the molecule is COc1cc(/C=N/Nc2nncc3ccccc23)cc(OC)c1O.Cl. The summed E-state index contributed by atoms with van der Waals surface area (Å²) in [7, 11) is 2.94. The van der Waals surface area contributed by atoms with E-state index in [2.05, 4.69) is 20.7 Å². The molecule has 7 nitrogen and oxygen atoms in total. The number of hydrogen-bond donors (Lipinski definition) is 2. The quantitative estimate of drug-likeness (QED) is 0.536. The Morgan fingerprint density at radius 3 is 2.48 bits per heavy atom. The van der Waals surface area contributed by atoms with Crippen LogP contribution in [0.4, 0.5) is 5.82 Å². The first-order chi connectivity index (χ1) is 11.7. The molecule has 0 atom stereocenters. The van der Waals surface area contributed by atoms with Gasteiger partial charge < -0.3 is 14.6 Å². The fourth-order valence-electron chi connectivity index (χ4n) is 2.27. The zero-order valence-electron chi connectivity index (χ0n) is 13.6. The predicted molar refractivity (Wildman–Crippen MR) is 99.2 cm³/mol. The minimum Gasteiger partial charge on any atom is -0.502 e. The zero-order valence-corrected chi connectivity index (χ0v) is 14.4. The molecule has 2 aromatic carbocycles. The van der Waals surface area contributed by atoms with Crippen LogP contribution in [0.1, 0.15) is 5.56 Å². The number of fused-ring (bicyclic) bond motifs is 1. The molecule has 1 heterocycles. The minimum absolute atomic E-state index is 0. The highest BCUT2D eigenvalue weighted by Gasteiger charge is 2.10. The van der Waals surface area contributed by atoms with Crippen LogP contribution in [0.5, 0.6) is 17.2 Å². The van der Waals surface area contributed by atoms with Crippen LogP contribution in [-0.4, -0.2) is 35.7 Å². The Balaban J connectivity index is 0.00000225. The first-order valence-electron chi connectivity index (χ1n) is 7.17. The summed E-state index contributed by atoms with van der Waals surface area (Å²) in [6, 6.07) is 11.1. The summed E-state index contributed by atoms with van der Waals surface area (Å²) in [4.78, 5) is 0. The molecule has 0 spiro atoms. The lowest BCUT2D eigenvalue weighted by atomic mass is 10.2. The third-order valence-electron chi connectivity index (χ3n) is 3.46. The van der Waals surface area contributed by atoms with E-state index in [0.717, 1.165) is 10.8 Å². The van der Waals surface area contributed by atoms with Crippen LogP contribution in [0, 0.1) is 0 Å². The Bertz CT molecular complexity index is 872. The Kier molecular flexibility index (Phi) is 5.97. The molecule has 1 aromatic heterocycles. The molecule has 130 valence electrons. The summed E-state index contributed by atoms with van der Waals surface area (Å²) in [5.74, 6) is 1.12. The highest BCUT2D eigenvalue weighted by atomic mass is 35.5. The topological polar surface area (TPSA) is 88.9 Å². The molecule has 3 aromatic rings. The van der Waals surface area contributed by atoms with Gasteiger partial charge in [0.1, 0.15) is 0 Å². The highest BCUT2D eigenvalue weighted by molar-refractivity contribution is 5.91. The fraction of sp³-hybridized carbons (Fsp3) is 0.118. The number of rotatable bonds is 5. The number of halogens is 1. The molecule has 0 bridgehead atoms. The van der Waals surface area contributed by atoms with Gasteiger partial charge in [0.15, 0.2) is 17.3 Å². The number of phenolic OH excluding ortho intramolecular Hbond substituents is 1. The normalized spacial score (nSPS) is 10.5. The molecule has 2 N–H and O–H groups in total. The van der Waals surface area contributed by atoms with Gasteiger partial charge >= 0.3 is 0 Å². The van der Waals surface area contributed by atoms with Crippen molar-refractivity contribution in [2.24, 2.45) is 5.10 Å². The standard InChI is InChI=1S/C17H16N4O3.ClH/c1-23-14-7-11(8-15(24-2)16(14)22)9-18-20-17-13-6-4-3-5-12(13)10-19-21-17;/h3-10,22H,1-2H3,(H,20,21);1H/b18-9+;. The van der Waals surface area contributed by atoms with Crippen molar-refractivity contribution in [2.45, 2.75) is 0 Å². The highest BCUT2D eigenvalue weighted by Crippen LogP contribution is 2.36. The molecule has 0 aliphatic rings. The van der Waals surface area contributed by atoms with E-state index in [1.165, 1.54) is 14.2 Å². The van der Waals surface area contributed by atoms with E-state index < -0.39 is 0 Å². The van der Waals surface area contributed by atoms with Crippen LogP contribution in [0.2, 0.25) is 0 Å². The van der Waals surface area contributed by atoms with Gasteiger partial charge in [-0.25, -0.2) is 0 Å². The second-order valence-electron chi connectivity index (χ2n) is 4.92. The lowest BCUT2D eigenvalue weighted by molar-refractivity contribution is 0.340. The average molecular weight is 361 g/mol. The van der Waals surface area contributed by atoms with Crippen molar-refractivity contribution in [1.82, 2.24) is 10.2 Å². The molecule has 25 heavy (non-hydrogen) atoms. The molecule has 0 unspecified atom stereocenters. The Morgan fingerprint density at radius 2 is 1.80 bits per heavy atom. The Hall–Kier alpha value is -3.06.